The third kappa shape index (κ3) is 3.29. The normalized spacial score (nSPS) is 26.8. The lowest BCUT2D eigenvalue weighted by Crippen LogP contribution is -2.38. The zero-order valence-electron chi connectivity index (χ0n) is 10.7. The van der Waals surface area contributed by atoms with Crippen molar-refractivity contribution in [3.8, 4) is 0 Å². The third-order valence-electron chi connectivity index (χ3n) is 3.95. The largest absolute Gasteiger partial charge is 0.307 e. The summed E-state index contributed by atoms with van der Waals surface area (Å²) in [5.74, 6) is 0.596. The monoisotopic (exact) mass is 235 g/mol. The lowest BCUT2D eigenvalue weighted by molar-refractivity contribution is 0.263. The van der Waals surface area contributed by atoms with E-state index in [-0.39, 0.29) is 5.82 Å². The van der Waals surface area contributed by atoms with Crippen molar-refractivity contribution in [2.75, 3.05) is 0 Å². The Hall–Kier alpha value is -0.890. The number of hydrogen-bond donors (Lipinski definition) is 1. The van der Waals surface area contributed by atoms with Crippen LogP contribution in [0.5, 0.6) is 0 Å². The standard InChI is InChI=1S/C15H22FN/c1-11-5-3-4-6-15(11)17-12(2)13-7-9-14(16)10-8-13/h7-12,15,17H,3-6H2,1-2H3/t11?,12-,15?/m1/s1. The molecule has 1 aliphatic carbocycles. The molecule has 1 nitrogen and oxygen atoms in total. The van der Waals surface area contributed by atoms with Crippen LogP contribution in [0.2, 0.25) is 0 Å². The van der Waals surface area contributed by atoms with Gasteiger partial charge in [0.05, 0.1) is 0 Å². The van der Waals surface area contributed by atoms with Gasteiger partial charge in [0.1, 0.15) is 5.82 Å². The maximum absolute atomic E-state index is 12.9. The van der Waals surface area contributed by atoms with Gasteiger partial charge in [-0.1, -0.05) is 31.9 Å². The minimum Gasteiger partial charge on any atom is -0.307 e. The Kier molecular flexibility index (Phi) is 4.16. The van der Waals surface area contributed by atoms with Crippen LogP contribution in [-0.4, -0.2) is 6.04 Å². The van der Waals surface area contributed by atoms with Crippen molar-refractivity contribution in [3.05, 3.63) is 35.6 Å². The summed E-state index contributed by atoms with van der Waals surface area (Å²) in [5, 5.41) is 3.68. The minimum absolute atomic E-state index is 0.160. The van der Waals surface area contributed by atoms with Gasteiger partial charge in [0.15, 0.2) is 0 Å². The predicted octanol–water partition coefficient (Wildman–Crippen LogP) is 4.06. The van der Waals surface area contributed by atoms with Crippen molar-refractivity contribution >= 4 is 0 Å². The SMILES string of the molecule is CC1CCCCC1N[C@H](C)c1ccc(F)cc1. The van der Waals surface area contributed by atoms with Crippen LogP contribution in [-0.2, 0) is 0 Å². The second-order valence-electron chi connectivity index (χ2n) is 5.31. The molecule has 0 saturated heterocycles. The summed E-state index contributed by atoms with van der Waals surface area (Å²) in [7, 11) is 0. The van der Waals surface area contributed by atoms with Crippen molar-refractivity contribution in [1.29, 1.82) is 0 Å². The molecule has 1 aliphatic rings. The smallest absolute Gasteiger partial charge is 0.123 e. The van der Waals surface area contributed by atoms with E-state index < -0.39 is 0 Å². The van der Waals surface area contributed by atoms with E-state index in [1.54, 1.807) is 0 Å². The van der Waals surface area contributed by atoms with E-state index in [0.717, 1.165) is 5.92 Å². The average Bonchev–Trinajstić information content (AvgIpc) is 2.33. The molecule has 0 amide bonds. The maximum Gasteiger partial charge on any atom is 0.123 e. The van der Waals surface area contributed by atoms with Crippen LogP contribution < -0.4 is 5.32 Å². The summed E-state index contributed by atoms with van der Waals surface area (Å²) in [6.45, 7) is 4.49. The summed E-state index contributed by atoms with van der Waals surface area (Å²) in [6, 6.07) is 7.75. The van der Waals surface area contributed by atoms with Gasteiger partial charge in [0.25, 0.3) is 0 Å². The topological polar surface area (TPSA) is 12.0 Å². The van der Waals surface area contributed by atoms with E-state index in [1.807, 2.05) is 12.1 Å². The quantitative estimate of drug-likeness (QED) is 0.833. The molecule has 0 bridgehead atoms. The first-order valence-electron chi connectivity index (χ1n) is 6.68. The maximum atomic E-state index is 12.9. The molecule has 0 spiro atoms. The van der Waals surface area contributed by atoms with E-state index in [0.29, 0.717) is 12.1 Å². The second kappa shape index (κ2) is 5.63. The van der Waals surface area contributed by atoms with E-state index in [9.17, 15) is 4.39 Å². The number of hydrogen-bond acceptors (Lipinski definition) is 1. The third-order valence-corrected chi connectivity index (χ3v) is 3.95. The molecule has 0 heterocycles. The van der Waals surface area contributed by atoms with Crippen molar-refractivity contribution in [3.63, 3.8) is 0 Å². The fraction of sp³-hybridized carbons (Fsp3) is 0.600. The molecule has 2 rings (SSSR count). The van der Waals surface area contributed by atoms with Crippen LogP contribution in [0.4, 0.5) is 4.39 Å². The van der Waals surface area contributed by atoms with Gasteiger partial charge < -0.3 is 5.32 Å². The highest BCUT2D eigenvalue weighted by molar-refractivity contribution is 5.19. The van der Waals surface area contributed by atoms with Gasteiger partial charge in [0, 0.05) is 12.1 Å². The molecule has 94 valence electrons. The first-order valence-corrected chi connectivity index (χ1v) is 6.68. The van der Waals surface area contributed by atoms with Gasteiger partial charge in [-0.2, -0.15) is 0 Å². The molecule has 1 N–H and O–H groups in total. The van der Waals surface area contributed by atoms with Gasteiger partial charge in [-0.15, -0.1) is 0 Å². The van der Waals surface area contributed by atoms with Crippen molar-refractivity contribution in [1.82, 2.24) is 5.32 Å². The van der Waals surface area contributed by atoms with Crippen LogP contribution in [0, 0.1) is 11.7 Å². The predicted molar refractivity (Wildman–Crippen MR) is 69.4 cm³/mol. The molecule has 1 fully saturated rings. The van der Waals surface area contributed by atoms with Crippen LogP contribution in [0.25, 0.3) is 0 Å². The molecule has 2 heteroatoms. The summed E-state index contributed by atoms with van der Waals surface area (Å²) < 4.78 is 12.9. The molecule has 0 aromatic heterocycles. The Morgan fingerprint density at radius 3 is 2.47 bits per heavy atom. The molecular formula is C15H22FN. The second-order valence-corrected chi connectivity index (χ2v) is 5.31. The van der Waals surface area contributed by atoms with Crippen molar-refractivity contribution < 1.29 is 4.39 Å². The van der Waals surface area contributed by atoms with Gasteiger partial charge in [-0.25, -0.2) is 4.39 Å². The van der Waals surface area contributed by atoms with E-state index in [1.165, 1.54) is 43.4 Å². The zero-order chi connectivity index (χ0) is 12.3. The van der Waals surface area contributed by atoms with Crippen molar-refractivity contribution in [2.24, 2.45) is 5.92 Å². The number of rotatable bonds is 3. The van der Waals surface area contributed by atoms with Crippen molar-refractivity contribution in [2.45, 2.75) is 51.6 Å². The minimum atomic E-state index is -0.160. The molecule has 1 aromatic rings. The molecule has 0 aliphatic heterocycles. The Balaban J connectivity index is 1.95. The Bertz CT molecular complexity index is 346. The van der Waals surface area contributed by atoms with Crippen LogP contribution >= 0.6 is 0 Å². The summed E-state index contributed by atoms with van der Waals surface area (Å²) in [4.78, 5) is 0. The molecule has 0 radical (unpaired) electrons. The molecular weight excluding hydrogens is 213 g/mol. The highest BCUT2D eigenvalue weighted by Crippen LogP contribution is 2.26. The molecule has 1 aromatic carbocycles. The fourth-order valence-corrected chi connectivity index (χ4v) is 2.73. The summed E-state index contributed by atoms with van der Waals surface area (Å²) in [6.07, 6.45) is 5.29. The lowest BCUT2D eigenvalue weighted by atomic mass is 9.85. The molecule has 1 saturated carbocycles. The first kappa shape index (κ1) is 12.6. The highest BCUT2D eigenvalue weighted by atomic mass is 19.1. The molecule has 3 atom stereocenters. The van der Waals surface area contributed by atoms with Gasteiger partial charge in [-0.3, -0.25) is 0 Å². The zero-order valence-corrected chi connectivity index (χ0v) is 10.7. The van der Waals surface area contributed by atoms with E-state index in [4.69, 9.17) is 0 Å². The highest BCUT2D eigenvalue weighted by Gasteiger charge is 2.22. The Labute approximate surface area is 103 Å². The van der Waals surface area contributed by atoms with E-state index in [2.05, 4.69) is 19.2 Å². The van der Waals surface area contributed by atoms with Gasteiger partial charge in [-0.05, 0) is 43.4 Å². The first-order chi connectivity index (χ1) is 8.16. The average molecular weight is 235 g/mol. The van der Waals surface area contributed by atoms with Gasteiger partial charge >= 0.3 is 0 Å². The Morgan fingerprint density at radius 2 is 1.82 bits per heavy atom. The number of nitrogens with one attached hydrogen (secondary N) is 1. The summed E-state index contributed by atoms with van der Waals surface area (Å²) in [5.41, 5.74) is 1.17. The molecule has 17 heavy (non-hydrogen) atoms. The van der Waals surface area contributed by atoms with Gasteiger partial charge in [0.2, 0.25) is 0 Å². The van der Waals surface area contributed by atoms with Crippen LogP contribution in [0.1, 0.15) is 51.1 Å². The Morgan fingerprint density at radius 1 is 1.18 bits per heavy atom. The lowest BCUT2D eigenvalue weighted by Gasteiger charge is -2.32. The number of halogens is 1. The molecule has 2 unspecified atom stereocenters. The number of benzene rings is 1. The van der Waals surface area contributed by atoms with Crippen LogP contribution in [0.3, 0.4) is 0 Å². The summed E-state index contributed by atoms with van der Waals surface area (Å²) >= 11 is 0. The fourth-order valence-electron chi connectivity index (χ4n) is 2.73. The van der Waals surface area contributed by atoms with E-state index >= 15 is 0 Å². The van der Waals surface area contributed by atoms with Crippen LogP contribution in [0.15, 0.2) is 24.3 Å².